The third-order valence-electron chi connectivity index (χ3n) is 4.84. The molecule has 0 aliphatic carbocycles. The third kappa shape index (κ3) is 5.34. The van der Waals surface area contributed by atoms with E-state index in [4.69, 9.17) is 4.74 Å². The Kier molecular flexibility index (Phi) is 6.49. The lowest BCUT2D eigenvalue weighted by Gasteiger charge is -2.33. The van der Waals surface area contributed by atoms with Crippen molar-refractivity contribution in [3.05, 3.63) is 65.2 Å². The van der Waals surface area contributed by atoms with E-state index in [0.29, 0.717) is 26.2 Å². The lowest BCUT2D eigenvalue weighted by atomic mass is 10.1. The number of hydrogen-bond acceptors (Lipinski definition) is 4. The average molecular weight is 395 g/mol. The fourth-order valence-corrected chi connectivity index (χ4v) is 3.22. The molecule has 0 unspecified atom stereocenters. The fourth-order valence-electron chi connectivity index (χ4n) is 3.22. The predicted molar refractivity (Wildman–Crippen MR) is 108 cm³/mol. The molecule has 152 valence electrons. The number of methoxy groups -OCH3 is 1. The Morgan fingerprint density at radius 2 is 1.69 bits per heavy atom. The Hall–Kier alpha value is -3.35. The summed E-state index contributed by atoms with van der Waals surface area (Å²) in [5.41, 5.74) is 3.01. The zero-order valence-corrected chi connectivity index (χ0v) is 16.7. The highest BCUT2D eigenvalue weighted by Gasteiger charge is 2.33. The van der Waals surface area contributed by atoms with Gasteiger partial charge in [-0.05, 0) is 30.2 Å². The monoisotopic (exact) mass is 395 g/mol. The van der Waals surface area contributed by atoms with E-state index in [1.807, 2.05) is 55.5 Å². The fraction of sp³-hybridized carbons (Fsp3) is 0.318. The lowest BCUT2D eigenvalue weighted by Crippen LogP contribution is -2.55. The van der Waals surface area contributed by atoms with Crippen molar-refractivity contribution in [3.8, 4) is 5.75 Å². The van der Waals surface area contributed by atoms with Crippen molar-refractivity contribution in [3.63, 3.8) is 0 Å². The van der Waals surface area contributed by atoms with Crippen molar-refractivity contribution in [2.75, 3.05) is 26.7 Å². The topological polar surface area (TPSA) is 79.0 Å². The van der Waals surface area contributed by atoms with Crippen LogP contribution in [0.5, 0.6) is 5.75 Å². The number of aryl methyl sites for hydroxylation is 1. The summed E-state index contributed by atoms with van der Waals surface area (Å²) in [7, 11) is 1.59. The van der Waals surface area contributed by atoms with Crippen LogP contribution in [-0.2, 0) is 27.5 Å². The largest absolute Gasteiger partial charge is 0.497 e. The number of carbonyl (C=O) groups excluding carboxylic acids is 3. The van der Waals surface area contributed by atoms with Crippen LogP contribution in [0.4, 0.5) is 0 Å². The first kappa shape index (κ1) is 20.4. The average Bonchev–Trinajstić information content (AvgIpc) is 2.72. The van der Waals surface area contributed by atoms with Crippen LogP contribution in [0.15, 0.2) is 48.5 Å². The first-order valence-corrected chi connectivity index (χ1v) is 9.49. The maximum atomic E-state index is 12.4. The second kappa shape index (κ2) is 9.23. The summed E-state index contributed by atoms with van der Waals surface area (Å²) in [4.78, 5) is 39.9. The molecule has 1 saturated heterocycles. The second-order valence-electron chi connectivity index (χ2n) is 7.07. The summed E-state index contributed by atoms with van der Waals surface area (Å²) in [6.45, 7) is 3.34. The molecular formula is C22H25N3O4. The molecule has 7 heteroatoms. The molecule has 0 aromatic heterocycles. The number of rotatable bonds is 7. The van der Waals surface area contributed by atoms with E-state index in [1.165, 1.54) is 9.80 Å². The summed E-state index contributed by atoms with van der Waals surface area (Å²) >= 11 is 0. The number of piperazine rings is 1. The summed E-state index contributed by atoms with van der Waals surface area (Å²) in [6, 6.07) is 15.2. The molecule has 0 radical (unpaired) electrons. The number of amides is 3. The maximum Gasteiger partial charge on any atom is 0.312 e. The highest BCUT2D eigenvalue weighted by atomic mass is 16.5. The number of ether oxygens (including phenoxy) is 1. The van der Waals surface area contributed by atoms with Crippen LogP contribution in [0.3, 0.4) is 0 Å². The van der Waals surface area contributed by atoms with Gasteiger partial charge in [0.25, 0.3) is 0 Å². The molecular weight excluding hydrogens is 370 g/mol. The van der Waals surface area contributed by atoms with Crippen molar-refractivity contribution in [1.82, 2.24) is 15.1 Å². The quantitative estimate of drug-likeness (QED) is 0.721. The van der Waals surface area contributed by atoms with E-state index in [1.54, 1.807) is 7.11 Å². The summed E-state index contributed by atoms with van der Waals surface area (Å²) in [5, 5.41) is 2.78. The Bertz CT molecular complexity index is 895. The van der Waals surface area contributed by atoms with E-state index >= 15 is 0 Å². The van der Waals surface area contributed by atoms with Crippen LogP contribution in [-0.4, -0.2) is 54.3 Å². The number of benzene rings is 2. The minimum absolute atomic E-state index is 0.126. The number of nitrogens with one attached hydrogen (secondary N) is 1. The van der Waals surface area contributed by atoms with Gasteiger partial charge in [0.1, 0.15) is 12.3 Å². The predicted octanol–water partition coefficient (Wildman–Crippen LogP) is 1.49. The molecule has 0 saturated carbocycles. The van der Waals surface area contributed by atoms with Gasteiger partial charge in [0.05, 0.1) is 7.11 Å². The Balaban J connectivity index is 1.50. The van der Waals surface area contributed by atoms with Gasteiger partial charge in [-0.2, -0.15) is 0 Å². The van der Waals surface area contributed by atoms with E-state index in [-0.39, 0.29) is 12.5 Å². The van der Waals surface area contributed by atoms with Gasteiger partial charge in [-0.15, -0.1) is 0 Å². The van der Waals surface area contributed by atoms with Crippen molar-refractivity contribution in [2.24, 2.45) is 0 Å². The Labute approximate surface area is 170 Å². The molecule has 29 heavy (non-hydrogen) atoms. The smallest absolute Gasteiger partial charge is 0.312 e. The van der Waals surface area contributed by atoms with Crippen LogP contribution in [0.2, 0.25) is 0 Å². The summed E-state index contributed by atoms with van der Waals surface area (Å²) < 4.78 is 5.10. The molecule has 0 atom stereocenters. The summed E-state index contributed by atoms with van der Waals surface area (Å²) in [5.74, 6) is -0.758. The van der Waals surface area contributed by atoms with Gasteiger partial charge in [0.2, 0.25) is 5.91 Å². The molecule has 3 amide bonds. The first-order chi connectivity index (χ1) is 14.0. The first-order valence-electron chi connectivity index (χ1n) is 9.49. The van der Waals surface area contributed by atoms with E-state index in [2.05, 4.69) is 5.32 Å². The summed E-state index contributed by atoms with van der Waals surface area (Å²) in [6.07, 6.45) is 0. The minimum atomic E-state index is -0.636. The van der Waals surface area contributed by atoms with Gasteiger partial charge in [0, 0.05) is 26.2 Å². The molecule has 0 bridgehead atoms. The standard InChI is InChI=1S/C22H25N3O4/c1-16-4-3-5-18(12-16)14-24-10-11-25(22(28)21(24)27)15-20(26)23-13-17-6-8-19(29-2)9-7-17/h3-9,12H,10-11,13-15H2,1-2H3,(H,23,26). The zero-order chi connectivity index (χ0) is 20.8. The lowest BCUT2D eigenvalue weighted by molar-refractivity contribution is -0.157. The number of nitrogens with zero attached hydrogens (tertiary/aromatic N) is 2. The maximum absolute atomic E-state index is 12.4. The van der Waals surface area contributed by atoms with E-state index in [9.17, 15) is 14.4 Å². The van der Waals surface area contributed by atoms with E-state index < -0.39 is 11.8 Å². The molecule has 1 aliphatic heterocycles. The van der Waals surface area contributed by atoms with Gasteiger partial charge in [-0.3, -0.25) is 14.4 Å². The van der Waals surface area contributed by atoms with Crippen LogP contribution >= 0.6 is 0 Å². The highest BCUT2D eigenvalue weighted by molar-refractivity contribution is 6.35. The second-order valence-corrected chi connectivity index (χ2v) is 7.07. The van der Waals surface area contributed by atoms with Crippen LogP contribution in [0.1, 0.15) is 16.7 Å². The van der Waals surface area contributed by atoms with Crippen molar-refractivity contribution in [2.45, 2.75) is 20.0 Å². The molecule has 1 aliphatic rings. The molecule has 0 spiro atoms. The van der Waals surface area contributed by atoms with Gasteiger partial charge >= 0.3 is 11.8 Å². The molecule has 1 fully saturated rings. The van der Waals surface area contributed by atoms with Crippen LogP contribution in [0.25, 0.3) is 0 Å². The Morgan fingerprint density at radius 3 is 2.38 bits per heavy atom. The molecule has 2 aromatic rings. The van der Waals surface area contributed by atoms with Crippen LogP contribution < -0.4 is 10.1 Å². The molecule has 1 heterocycles. The minimum Gasteiger partial charge on any atom is -0.497 e. The molecule has 1 N–H and O–H groups in total. The van der Waals surface area contributed by atoms with Gasteiger partial charge in [0.15, 0.2) is 0 Å². The van der Waals surface area contributed by atoms with Crippen LogP contribution in [0, 0.1) is 6.92 Å². The Morgan fingerprint density at radius 1 is 1.00 bits per heavy atom. The molecule has 2 aromatic carbocycles. The highest BCUT2D eigenvalue weighted by Crippen LogP contribution is 2.13. The van der Waals surface area contributed by atoms with Crippen molar-refractivity contribution >= 4 is 17.7 Å². The SMILES string of the molecule is COc1ccc(CNC(=O)CN2CCN(Cc3cccc(C)c3)C(=O)C2=O)cc1. The van der Waals surface area contributed by atoms with E-state index in [0.717, 1.165) is 22.4 Å². The zero-order valence-electron chi connectivity index (χ0n) is 16.7. The molecule has 3 rings (SSSR count). The normalized spacial score (nSPS) is 14.1. The van der Waals surface area contributed by atoms with Gasteiger partial charge in [-0.25, -0.2) is 0 Å². The number of hydrogen-bond donors (Lipinski definition) is 1. The van der Waals surface area contributed by atoms with Gasteiger partial charge < -0.3 is 19.9 Å². The molecule has 7 nitrogen and oxygen atoms in total. The van der Waals surface area contributed by atoms with Crippen molar-refractivity contribution in [1.29, 1.82) is 0 Å². The number of carbonyl (C=O) groups is 3. The van der Waals surface area contributed by atoms with Gasteiger partial charge in [-0.1, -0.05) is 42.0 Å². The third-order valence-corrected chi connectivity index (χ3v) is 4.84. The van der Waals surface area contributed by atoms with Crippen molar-refractivity contribution < 1.29 is 19.1 Å².